The van der Waals surface area contributed by atoms with Crippen molar-refractivity contribution in [1.29, 1.82) is 0 Å². The fourth-order valence-electron chi connectivity index (χ4n) is 1.88. The van der Waals surface area contributed by atoms with Crippen molar-refractivity contribution in [2.24, 2.45) is 0 Å². The van der Waals surface area contributed by atoms with E-state index in [0.29, 0.717) is 22.2 Å². The van der Waals surface area contributed by atoms with Crippen LogP contribution >= 0.6 is 23.2 Å². The zero-order valence-corrected chi connectivity index (χ0v) is 12.7. The van der Waals surface area contributed by atoms with Crippen LogP contribution in [0.25, 0.3) is 0 Å². The molecule has 2 rings (SSSR count). The third kappa shape index (κ3) is 3.45. The molecule has 106 valence electrons. The molecule has 0 saturated heterocycles. The number of halogens is 2. The molecule has 0 spiro atoms. The molecule has 2 aromatic carbocycles. The van der Waals surface area contributed by atoms with Gasteiger partial charge in [-0.1, -0.05) is 54.4 Å². The predicted molar refractivity (Wildman–Crippen MR) is 82.8 cm³/mol. The second-order valence-electron chi connectivity index (χ2n) is 4.46. The fraction of sp³-hybridized carbons (Fsp3) is 0.250. The van der Waals surface area contributed by atoms with Crippen LogP contribution < -0.4 is 4.74 Å². The Kier molecular flexibility index (Phi) is 5.30. The first-order valence-electron chi connectivity index (χ1n) is 6.48. The summed E-state index contributed by atoms with van der Waals surface area (Å²) < 4.78 is 5.51. The second-order valence-corrected chi connectivity index (χ2v) is 5.25. The molecule has 2 nitrogen and oxygen atoms in total. The van der Waals surface area contributed by atoms with Gasteiger partial charge in [-0.2, -0.15) is 0 Å². The van der Waals surface area contributed by atoms with E-state index in [9.17, 15) is 5.11 Å². The molecule has 0 aliphatic heterocycles. The largest absolute Gasteiger partial charge is 0.494 e. The van der Waals surface area contributed by atoms with Crippen LogP contribution in [0.3, 0.4) is 0 Å². The number of benzene rings is 2. The number of hydrogen-bond acceptors (Lipinski definition) is 2. The van der Waals surface area contributed by atoms with Crippen molar-refractivity contribution in [3.05, 3.63) is 63.6 Å². The molecule has 1 unspecified atom stereocenters. The van der Waals surface area contributed by atoms with Gasteiger partial charge in [-0.25, -0.2) is 0 Å². The van der Waals surface area contributed by atoms with E-state index in [-0.39, 0.29) is 0 Å². The molecule has 1 N–H and O–H groups in total. The minimum Gasteiger partial charge on any atom is -0.494 e. The van der Waals surface area contributed by atoms with Crippen molar-refractivity contribution in [3.8, 4) is 5.75 Å². The van der Waals surface area contributed by atoms with Crippen molar-refractivity contribution in [2.45, 2.75) is 19.4 Å². The molecule has 4 heteroatoms. The van der Waals surface area contributed by atoms with Crippen molar-refractivity contribution in [3.63, 3.8) is 0 Å². The van der Waals surface area contributed by atoms with Crippen LogP contribution in [0.4, 0.5) is 0 Å². The lowest BCUT2D eigenvalue weighted by Gasteiger charge is -2.14. The van der Waals surface area contributed by atoms with Gasteiger partial charge in [0.05, 0.1) is 16.7 Å². The Morgan fingerprint density at radius 2 is 1.80 bits per heavy atom. The Hall–Kier alpha value is -1.22. The summed E-state index contributed by atoms with van der Waals surface area (Å²) in [5.74, 6) is 0.792. The van der Waals surface area contributed by atoms with Gasteiger partial charge in [-0.15, -0.1) is 0 Å². The normalized spacial score (nSPS) is 12.2. The molecule has 0 saturated carbocycles. The highest BCUT2D eigenvalue weighted by molar-refractivity contribution is 6.42. The minimum absolute atomic E-state index is 0.382. The quantitative estimate of drug-likeness (QED) is 0.854. The van der Waals surface area contributed by atoms with E-state index >= 15 is 0 Å². The van der Waals surface area contributed by atoms with Crippen LogP contribution in [0.1, 0.15) is 30.6 Å². The molecule has 0 fully saturated rings. The summed E-state index contributed by atoms with van der Waals surface area (Å²) in [6.07, 6.45) is 0.157. The third-order valence-electron chi connectivity index (χ3n) is 2.94. The molecular formula is C16H16Cl2O2. The Labute approximate surface area is 128 Å². The lowest BCUT2D eigenvalue weighted by molar-refractivity contribution is 0.220. The summed E-state index contributed by atoms with van der Waals surface area (Å²) in [6.45, 7) is 2.74. The highest BCUT2D eigenvalue weighted by atomic mass is 35.5. The van der Waals surface area contributed by atoms with E-state index in [0.717, 1.165) is 17.7 Å². The van der Waals surface area contributed by atoms with Gasteiger partial charge < -0.3 is 9.84 Å². The van der Waals surface area contributed by atoms with Crippen molar-refractivity contribution in [1.82, 2.24) is 0 Å². The van der Waals surface area contributed by atoms with Crippen molar-refractivity contribution in [2.75, 3.05) is 6.61 Å². The van der Waals surface area contributed by atoms with Crippen molar-refractivity contribution >= 4 is 23.2 Å². The van der Waals surface area contributed by atoms with E-state index in [1.807, 2.05) is 24.3 Å². The Bertz CT molecular complexity index is 567. The van der Waals surface area contributed by atoms with Crippen LogP contribution in [-0.2, 0) is 0 Å². The van der Waals surface area contributed by atoms with Crippen molar-refractivity contribution < 1.29 is 9.84 Å². The minimum atomic E-state index is -0.804. The SMILES string of the molecule is CCCOc1ccc(C(O)c2cccc(Cl)c2Cl)cc1. The molecule has 0 heterocycles. The average Bonchev–Trinajstić information content (AvgIpc) is 2.48. The summed E-state index contributed by atoms with van der Waals surface area (Å²) >= 11 is 12.1. The summed E-state index contributed by atoms with van der Waals surface area (Å²) in [6, 6.07) is 12.6. The van der Waals surface area contributed by atoms with Gasteiger partial charge >= 0.3 is 0 Å². The summed E-state index contributed by atoms with van der Waals surface area (Å²) in [5.41, 5.74) is 1.35. The van der Waals surface area contributed by atoms with E-state index in [1.165, 1.54) is 0 Å². The van der Waals surface area contributed by atoms with Gasteiger partial charge in [-0.05, 0) is 30.2 Å². The smallest absolute Gasteiger partial charge is 0.119 e. The van der Waals surface area contributed by atoms with Gasteiger partial charge in [0.2, 0.25) is 0 Å². The van der Waals surface area contributed by atoms with Gasteiger partial charge in [0.1, 0.15) is 11.9 Å². The lowest BCUT2D eigenvalue weighted by Crippen LogP contribution is -2.01. The summed E-state index contributed by atoms with van der Waals surface area (Å²) in [5, 5.41) is 11.2. The van der Waals surface area contributed by atoms with Crippen LogP contribution in [-0.4, -0.2) is 11.7 Å². The molecule has 0 radical (unpaired) electrons. The molecule has 2 aromatic rings. The molecular weight excluding hydrogens is 295 g/mol. The second kappa shape index (κ2) is 6.98. The topological polar surface area (TPSA) is 29.5 Å². The first-order chi connectivity index (χ1) is 9.63. The molecule has 0 bridgehead atoms. The molecule has 0 aliphatic carbocycles. The van der Waals surface area contributed by atoms with Gasteiger partial charge in [0, 0.05) is 5.56 Å². The Morgan fingerprint density at radius 1 is 1.10 bits per heavy atom. The number of ether oxygens (including phenoxy) is 1. The molecule has 0 aromatic heterocycles. The monoisotopic (exact) mass is 310 g/mol. The standard InChI is InChI=1S/C16H16Cl2O2/c1-2-10-20-12-8-6-11(7-9-12)16(19)13-4-3-5-14(17)15(13)18/h3-9,16,19H,2,10H2,1H3. The Balaban J connectivity index is 2.20. The third-order valence-corrected chi connectivity index (χ3v) is 3.78. The first-order valence-corrected chi connectivity index (χ1v) is 7.23. The van der Waals surface area contributed by atoms with Crippen LogP contribution in [0.15, 0.2) is 42.5 Å². The van der Waals surface area contributed by atoms with Crippen LogP contribution in [0.2, 0.25) is 10.0 Å². The average molecular weight is 311 g/mol. The number of rotatable bonds is 5. The van der Waals surface area contributed by atoms with E-state index in [4.69, 9.17) is 27.9 Å². The van der Waals surface area contributed by atoms with Gasteiger partial charge in [0.25, 0.3) is 0 Å². The first kappa shape index (κ1) is 15.2. The zero-order chi connectivity index (χ0) is 14.5. The lowest BCUT2D eigenvalue weighted by atomic mass is 10.0. The van der Waals surface area contributed by atoms with E-state index in [1.54, 1.807) is 18.2 Å². The summed E-state index contributed by atoms with van der Waals surface area (Å²) in [7, 11) is 0. The maximum absolute atomic E-state index is 10.4. The van der Waals surface area contributed by atoms with Crippen LogP contribution in [0, 0.1) is 0 Å². The Morgan fingerprint density at radius 3 is 2.45 bits per heavy atom. The number of aliphatic hydroxyl groups is 1. The molecule has 0 aliphatic rings. The summed E-state index contributed by atoms with van der Waals surface area (Å²) in [4.78, 5) is 0. The van der Waals surface area contributed by atoms with E-state index in [2.05, 4.69) is 6.92 Å². The maximum atomic E-state index is 10.4. The van der Waals surface area contributed by atoms with Gasteiger partial charge in [0.15, 0.2) is 0 Å². The number of hydrogen-bond donors (Lipinski definition) is 1. The zero-order valence-electron chi connectivity index (χ0n) is 11.1. The number of aliphatic hydroxyl groups excluding tert-OH is 1. The highest BCUT2D eigenvalue weighted by Crippen LogP contribution is 2.33. The van der Waals surface area contributed by atoms with Gasteiger partial charge in [-0.3, -0.25) is 0 Å². The fourth-order valence-corrected chi connectivity index (χ4v) is 2.29. The molecule has 0 amide bonds. The molecule has 1 atom stereocenters. The maximum Gasteiger partial charge on any atom is 0.119 e. The van der Waals surface area contributed by atoms with Crippen LogP contribution in [0.5, 0.6) is 5.75 Å². The highest BCUT2D eigenvalue weighted by Gasteiger charge is 2.15. The van der Waals surface area contributed by atoms with E-state index < -0.39 is 6.10 Å². The molecule has 20 heavy (non-hydrogen) atoms. The predicted octanol–water partition coefficient (Wildman–Crippen LogP) is 4.86.